The summed E-state index contributed by atoms with van der Waals surface area (Å²) in [6.07, 6.45) is 1.42. The van der Waals surface area contributed by atoms with Gasteiger partial charge in [-0.05, 0) is 25.0 Å². The van der Waals surface area contributed by atoms with Crippen LogP contribution in [-0.4, -0.2) is 23.5 Å². The van der Waals surface area contributed by atoms with E-state index in [1.165, 1.54) is 11.3 Å². The van der Waals surface area contributed by atoms with Gasteiger partial charge in [-0.25, -0.2) is 0 Å². The van der Waals surface area contributed by atoms with Crippen molar-refractivity contribution in [1.82, 2.24) is 5.32 Å². The highest BCUT2D eigenvalue weighted by Crippen LogP contribution is 2.16. The predicted molar refractivity (Wildman–Crippen MR) is 67.4 cm³/mol. The van der Waals surface area contributed by atoms with Gasteiger partial charge in [-0.2, -0.15) is 0 Å². The van der Waals surface area contributed by atoms with E-state index >= 15 is 0 Å². The molecule has 17 heavy (non-hydrogen) atoms. The van der Waals surface area contributed by atoms with Gasteiger partial charge in [0.2, 0.25) is 0 Å². The molecule has 0 aliphatic rings. The maximum atomic E-state index is 11.7. The molecule has 0 bridgehead atoms. The van der Waals surface area contributed by atoms with Crippen LogP contribution in [0.15, 0.2) is 12.1 Å². The summed E-state index contributed by atoms with van der Waals surface area (Å²) in [6.45, 7) is 4.01. The lowest BCUT2D eigenvalue weighted by molar-refractivity contribution is -0.141. The Morgan fingerprint density at radius 1 is 1.41 bits per heavy atom. The summed E-state index contributed by atoms with van der Waals surface area (Å²) >= 11 is 1.45. The fourth-order valence-corrected chi connectivity index (χ4v) is 2.26. The van der Waals surface area contributed by atoms with Crippen molar-refractivity contribution in [3.8, 4) is 0 Å². The fraction of sp³-hybridized carbons (Fsp3) is 0.500. The van der Waals surface area contributed by atoms with Gasteiger partial charge in [-0.15, -0.1) is 11.3 Å². The highest BCUT2D eigenvalue weighted by Gasteiger charge is 2.17. The van der Waals surface area contributed by atoms with Crippen LogP contribution in [-0.2, 0) is 11.2 Å². The van der Waals surface area contributed by atoms with E-state index < -0.39 is 11.9 Å². The summed E-state index contributed by atoms with van der Waals surface area (Å²) in [7, 11) is 0. The van der Waals surface area contributed by atoms with Crippen molar-refractivity contribution in [2.45, 2.75) is 26.7 Å². The third kappa shape index (κ3) is 3.85. The zero-order valence-electron chi connectivity index (χ0n) is 10.0. The molecule has 0 radical (unpaired) electrons. The van der Waals surface area contributed by atoms with Gasteiger partial charge >= 0.3 is 5.97 Å². The summed E-state index contributed by atoms with van der Waals surface area (Å²) < 4.78 is 0. The molecule has 4 nitrogen and oxygen atoms in total. The smallest absolute Gasteiger partial charge is 0.308 e. The molecule has 1 atom stereocenters. The Kier molecular flexibility index (Phi) is 5.15. The average Bonchev–Trinajstić information content (AvgIpc) is 2.77. The van der Waals surface area contributed by atoms with Crippen LogP contribution in [0, 0.1) is 5.92 Å². The SMILES string of the molecule is CCc1ccc(C(=O)NCC(CC)C(=O)O)s1. The molecule has 0 saturated carbocycles. The van der Waals surface area contributed by atoms with Gasteiger partial charge in [0.15, 0.2) is 0 Å². The summed E-state index contributed by atoms with van der Waals surface area (Å²) in [5.41, 5.74) is 0. The minimum absolute atomic E-state index is 0.185. The Hall–Kier alpha value is -1.36. The Morgan fingerprint density at radius 3 is 2.59 bits per heavy atom. The topological polar surface area (TPSA) is 66.4 Å². The average molecular weight is 255 g/mol. The number of carbonyl (C=O) groups is 2. The molecule has 1 aromatic heterocycles. The first-order valence-electron chi connectivity index (χ1n) is 5.68. The van der Waals surface area contributed by atoms with E-state index in [2.05, 4.69) is 5.32 Å². The fourth-order valence-electron chi connectivity index (χ4n) is 1.40. The Labute approximate surface area is 105 Å². The Balaban J connectivity index is 2.52. The second-order valence-corrected chi connectivity index (χ2v) is 4.94. The number of carboxylic acids is 1. The largest absolute Gasteiger partial charge is 0.481 e. The lowest BCUT2D eigenvalue weighted by Gasteiger charge is -2.10. The molecule has 0 aliphatic carbocycles. The first kappa shape index (κ1) is 13.7. The molecular formula is C12H17NO3S. The number of nitrogens with one attached hydrogen (secondary N) is 1. The Bertz CT molecular complexity index is 400. The molecule has 0 spiro atoms. The lowest BCUT2D eigenvalue weighted by atomic mass is 10.1. The second kappa shape index (κ2) is 6.39. The monoisotopic (exact) mass is 255 g/mol. The van der Waals surface area contributed by atoms with Gasteiger partial charge in [0, 0.05) is 11.4 Å². The van der Waals surface area contributed by atoms with E-state index in [0.29, 0.717) is 11.3 Å². The van der Waals surface area contributed by atoms with Crippen molar-refractivity contribution in [2.24, 2.45) is 5.92 Å². The minimum atomic E-state index is -0.867. The first-order valence-corrected chi connectivity index (χ1v) is 6.49. The molecule has 1 heterocycles. The summed E-state index contributed by atoms with van der Waals surface area (Å²) in [5.74, 6) is -1.56. The molecule has 1 aromatic rings. The zero-order valence-corrected chi connectivity index (χ0v) is 10.8. The molecule has 2 N–H and O–H groups in total. The third-order valence-corrected chi connectivity index (χ3v) is 3.81. The van der Waals surface area contributed by atoms with Crippen LogP contribution < -0.4 is 5.32 Å². The second-order valence-electron chi connectivity index (χ2n) is 3.77. The predicted octanol–water partition coefficient (Wildman–Crippen LogP) is 2.15. The van der Waals surface area contributed by atoms with Crippen molar-refractivity contribution < 1.29 is 14.7 Å². The molecule has 0 aromatic carbocycles. The maximum Gasteiger partial charge on any atom is 0.308 e. The quantitative estimate of drug-likeness (QED) is 0.818. The standard InChI is InChI=1S/C12H17NO3S/c1-3-8(12(15)16)7-13-11(14)10-6-5-9(4-2)17-10/h5-6,8H,3-4,7H2,1-2H3,(H,13,14)(H,15,16). The molecule has 0 saturated heterocycles. The highest BCUT2D eigenvalue weighted by molar-refractivity contribution is 7.14. The van der Waals surface area contributed by atoms with Crippen molar-refractivity contribution in [3.05, 3.63) is 21.9 Å². The molecular weight excluding hydrogens is 238 g/mol. The van der Waals surface area contributed by atoms with Gasteiger partial charge in [0.05, 0.1) is 10.8 Å². The van der Waals surface area contributed by atoms with E-state index in [-0.39, 0.29) is 12.5 Å². The van der Waals surface area contributed by atoms with Crippen molar-refractivity contribution in [2.75, 3.05) is 6.54 Å². The van der Waals surface area contributed by atoms with Crippen LogP contribution >= 0.6 is 11.3 Å². The number of carboxylic acid groups (broad SMARTS) is 1. The number of hydrogen-bond donors (Lipinski definition) is 2. The van der Waals surface area contributed by atoms with Gasteiger partial charge in [0.25, 0.3) is 5.91 Å². The van der Waals surface area contributed by atoms with Gasteiger partial charge in [-0.1, -0.05) is 13.8 Å². The van der Waals surface area contributed by atoms with E-state index in [4.69, 9.17) is 5.11 Å². The van der Waals surface area contributed by atoms with Crippen LogP contribution in [0.5, 0.6) is 0 Å². The van der Waals surface area contributed by atoms with Gasteiger partial charge in [0.1, 0.15) is 0 Å². The van der Waals surface area contributed by atoms with E-state index in [9.17, 15) is 9.59 Å². The number of aryl methyl sites for hydroxylation is 1. The van der Waals surface area contributed by atoms with Gasteiger partial charge < -0.3 is 10.4 Å². The number of thiophene rings is 1. The van der Waals surface area contributed by atoms with Gasteiger partial charge in [-0.3, -0.25) is 9.59 Å². The lowest BCUT2D eigenvalue weighted by Crippen LogP contribution is -2.32. The number of aliphatic carboxylic acids is 1. The maximum absolute atomic E-state index is 11.7. The molecule has 1 unspecified atom stereocenters. The summed E-state index contributed by atoms with van der Waals surface area (Å²) in [4.78, 5) is 24.3. The third-order valence-electron chi connectivity index (χ3n) is 2.58. The number of amides is 1. The molecule has 1 rings (SSSR count). The molecule has 5 heteroatoms. The molecule has 94 valence electrons. The van der Waals surface area contributed by atoms with Crippen LogP contribution in [0.2, 0.25) is 0 Å². The number of hydrogen-bond acceptors (Lipinski definition) is 3. The van der Waals surface area contributed by atoms with Crippen LogP contribution in [0.25, 0.3) is 0 Å². The number of carbonyl (C=O) groups excluding carboxylic acids is 1. The van der Waals surface area contributed by atoms with Crippen LogP contribution in [0.1, 0.15) is 34.8 Å². The van der Waals surface area contributed by atoms with E-state index in [0.717, 1.165) is 11.3 Å². The van der Waals surface area contributed by atoms with Crippen molar-refractivity contribution in [1.29, 1.82) is 0 Å². The molecule has 0 aliphatic heterocycles. The van der Waals surface area contributed by atoms with Crippen LogP contribution in [0.3, 0.4) is 0 Å². The number of rotatable bonds is 6. The van der Waals surface area contributed by atoms with Crippen LogP contribution in [0.4, 0.5) is 0 Å². The summed E-state index contributed by atoms with van der Waals surface area (Å²) in [5, 5.41) is 11.5. The first-order chi connectivity index (χ1) is 8.08. The minimum Gasteiger partial charge on any atom is -0.481 e. The van der Waals surface area contributed by atoms with Crippen molar-refractivity contribution in [3.63, 3.8) is 0 Å². The molecule has 1 amide bonds. The van der Waals surface area contributed by atoms with E-state index in [1.807, 2.05) is 13.0 Å². The zero-order chi connectivity index (χ0) is 12.8. The van der Waals surface area contributed by atoms with E-state index in [1.54, 1.807) is 13.0 Å². The molecule has 0 fully saturated rings. The summed E-state index contributed by atoms with van der Waals surface area (Å²) in [6, 6.07) is 3.70. The van der Waals surface area contributed by atoms with Crippen molar-refractivity contribution >= 4 is 23.2 Å². The normalized spacial score (nSPS) is 12.1. The Morgan fingerprint density at radius 2 is 2.12 bits per heavy atom. The highest BCUT2D eigenvalue weighted by atomic mass is 32.1.